The molecular formula is C17H19FN4O. The fraction of sp³-hybridized carbons (Fsp3) is 0.353. The molecule has 3 rings (SSSR count). The Hall–Kier alpha value is -2.50. The molecule has 0 saturated heterocycles. The first kappa shape index (κ1) is 15.4. The summed E-state index contributed by atoms with van der Waals surface area (Å²) < 4.78 is 12.8. The third-order valence-electron chi connectivity index (χ3n) is 3.96. The number of nitrogens with zero attached hydrogens (tertiary/aromatic N) is 2. The standard InChI is InChI=1S/C17H19FN4O/c18-12-6-8-14(9-7-12)20-17(23)15-10-11-16(22-21-15)19-13-4-2-1-3-5-13/h6-11,13H,1-5H2,(H,19,22)(H,20,23). The first-order valence-corrected chi connectivity index (χ1v) is 7.88. The summed E-state index contributed by atoms with van der Waals surface area (Å²) in [5.41, 5.74) is 0.742. The second-order valence-corrected chi connectivity index (χ2v) is 5.74. The lowest BCUT2D eigenvalue weighted by molar-refractivity contribution is 0.102. The Morgan fingerprint density at radius 3 is 2.39 bits per heavy atom. The molecule has 1 aliphatic carbocycles. The van der Waals surface area contributed by atoms with Crippen LogP contribution >= 0.6 is 0 Å². The van der Waals surface area contributed by atoms with Gasteiger partial charge in [0.25, 0.3) is 5.91 Å². The first-order chi connectivity index (χ1) is 11.2. The van der Waals surface area contributed by atoms with E-state index in [2.05, 4.69) is 20.8 Å². The van der Waals surface area contributed by atoms with E-state index in [9.17, 15) is 9.18 Å². The van der Waals surface area contributed by atoms with Crippen molar-refractivity contribution in [3.8, 4) is 0 Å². The van der Waals surface area contributed by atoms with Crippen LogP contribution < -0.4 is 10.6 Å². The number of halogens is 1. The summed E-state index contributed by atoms with van der Waals surface area (Å²) >= 11 is 0. The lowest BCUT2D eigenvalue weighted by atomic mass is 9.95. The molecule has 23 heavy (non-hydrogen) atoms. The predicted octanol–water partition coefficient (Wildman–Crippen LogP) is 3.61. The van der Waals surface area contributed by atoms with Gasteiger partial charge in [-0.05, 0) is 49.2 Å². The Balaban J connectivity index is 1.59. The van der Waals surface area contributed by atoms with Crippen LogP contribution in [0, 0.1) is 5.82 Å². The molecule has 0 atom stereocenters. The molecule has 2 N–H and O–H groups in total. The van der Waals surface area contributed by atoms with Crippen molar-refractivity contribution in [1.29, 1.82) is 0 Å². The summed E-state index contributed by atoms with van der Waals surface area (Å²) in [7, 11) is 0. The van der Waals surface area contributed by atoms with E-state index in [4.69, 9.17) is 0 Å². The summed E-state index contributed by atoms with van der Waals surface area (Å²) in [4.78, 5) is 12.1. The topological polar surface area (TPSA) is 66.9 Å². The van der Waals surface area contributed by atoms with Crippen molar-refractivity contribution in [2.24, 2.45) is 0 Å². The highest BCUT2D eigenvalue weighted by molar-refractivity contribution is 6.02. The fourth-order valence-electron chi connectivity index (χ4n) is 2.71. The quantitative estimate of drug-likeness (QED) is 0.904. The van der Waals surface area contributed by atoms with Crippen molar-refractivity contribution in [3.05, 3.63) is 47.9 Å². The van der Waals surface area contributed by atoms with Crippen LogP contribution in [-0.2, 0) is 0 Å². The minimum Gasteiger partial charge on any atom is -0.366 e. The normalized spacial score (nSPS) is 15.2. The number of carbonyl (C=O) groups is 1. The highest BCUT2D eigenvalue weighted by atomic mass is 19.1. The number of aromatic nitrogens is 2. The molecule has 120 valence electrons. The Morgan fingerprint density at radius 2 is 1.74 bits per heavy atom. The zero-order chi connectivity index (χ0) is 16.1. The molecule has 1 saturated carbocycles. The van der Waals surface area contributed by atoms with Gasteiger partial charge in [0.2, 0.25) is 0 Å². The molecule has 1 heterocycles. The zero-order valence-electron chi connectivity index (χ0n) is 12.8. The van der Waals surface area contributed by atoms with Crippen LogP contribution in [0.15, 0.2) is 36.4 Å². The van der Waals surface area contributed by atoms with Gasteiger partial charge in [-0.15, -0.1) is 10.2 Å². The highest BCUT2D eigenvalue weighted by Crippen LogP contribution is 2.20. The molecule has 0 radical (unpaired) electrons. The maximum Gasteiger partial charge on any atom is 0.276 e. The van der Waals surface area contributed by atoms with Crippen LogP contribution in [0.4, 0.5) is 15.9 Å². The zero-order valence-corrected chi connectivity index (χ0v) is 12.8. The third-order valence-corrected chi connectivity index (χ3v) is 3.96. The molecular weight excluding hydrogens is 295 g/mol. The van der Waals surface area contributed by atoms with Gasteiger partial charge in [-0.1, -0.05) is 19.3 Å². The van der Waals surface area contributed by atoms with Gasteiger partial charge in [-0.3, -0.25) is 4.79 Å². The van der Waals surface area contributed by atoms with E-state index in [0.717, 1.165) is 12.8 Å². The molecule has 0 spiro atoms. The molecule has 1 aromatic heterocycles. The van der Waals surface area contributed by atoms with Crippen LogP contribution in [-0.4, -0.2) is 22.1 Å². The average molecular weight is 314 g/mol. The lowest BCUT2D eigenvalue weighted by Gasteiger charge is -2.22. The molecule has 2 aromatic rings. The third kappa shape index (κ3) is 4.25. The van der Waals surface area contributed by atoms with Crippen LogP contribution in [0.25, 0.3) is 0 Å². The molecule has 1 amide bonds. The number of hydrogen-bond acceptors (Lipinski definition) is 4. The Bertz CT molecular complexity index is 651. The highest BCUT2D eigenvalue weighted by Gasteiger charge is 2.14. The van der Waals surface area contributed by atoms with Crippen molar-refractivity contribution in [3.63, 3.8) is 0 Å². The number of nitrogens with one attached hydrogen (secondary N) is 2. The van der Waals surface area contributed by atoms with Crippen molar-refractivity contribution in [2.45, 2.75) is 38.1 Å². The van der Waals surface area contributed by atoms with E-state index in [0.29, 0.717) is 17.5 Å². The van der Waals surface area contributed by atoms with Crippen molar-refractivity contribution in [1.82, 2.24) is 10.2 Å². The van der Waals surface area contributed by atoms with E-state index in [-0.39, 0.29) is 17.4 Å². The average Bonchev–Trinajstić information content (AvgIpc) is 2.58. The number of rotatable bonds is 4. The van der Waals surface area contributed by atoms with Crippen LogP contribution in [0.3, 0.4) is 0 Å². The van der Waals surface area contributed by atoms with E-state index in [1.54, 1.807) is 12.1 Å². The van der Waals surface area contributed by atoms with E-state index >= 15 is 0 Å². The predicted molar refractivity (Wildman–Crippen MR) is 86.9 cm³/mol. The summed E-state index contributed by atoms with van der Waals surface area (Å²) in [5, 5.41) is 14.0. The minimum atomic E-state index is -0.367. The van der Waals surface area contributed by atoms with Gasteiger partial charge in [0.1, 0.15) is 11.6 Å². The summed E-state index contributed by atoms with van der Waals surface area (Å²) in [6, 6.07) is 9.42. The smallest absolute Gasteiger partial charge is 0.276 e. The Morgan fingerprint density at radius 1 is 1.00 bits per heavy atom. The van der Waals surface area contributed by atoms with Gasteiger partial charge in [0.15, 0.2) is 5.69 Å². The first-order valence-electron chi connectivity index (χ1n) is 7.88. The van der Waals surface area contributed by atoms with E-state index in [1.165, 1.54) is 43.5 Å². The largest absolute Gasteiger partial charge is 0.366 e. The van der Waals surface area contributed by atoms with Crippen molar-refractivity contribution >= 4 is 17.4 Å². The maximum absolute atomic E-state index is 12.8. The molecule has 0 unspecified atom stereocenters. The SMILES string of the molecule is O=C(Nc1ccc(F)cc1)c1ccc(NC2CCCCC2)nn1. The van der Waals surface area contributed by atoms with Gasteiger partial charge in [0, 0.05) is 11.7 Å². The van der Waals surface area contributed by atoms with Crippen LogP contribution in [0.5, 0.6) is 0 Å². The minimum absolute atomic E-state index is 0.225. The number of amides is 1. The monoisotopic (exact) mass is 314 g/mol. The Labute approximate surface area is 134 Å². The molecule has 6 heteroatoms. The van der Waals surface area contributed by atoms with Gasteiger partial charge in [-0.25, -0.2) is 4.39 Å². The molecule has 1 aromatic carbocycles. The molecule has 1 aliphatic rings. The lowest BCUT2D eigenvalue weighted by Crippen LogP contribution is -2.23. The molecule has 1 fully saturated rings. The van der Waals surface area contributed by atoms with Gasteiger partial charge in [-0.2, -0.15) is 0 Å². The maximum atomic E-state index is 12.8. The molecule has 0 aliphatic heterocycles. The van der Waals surface area contributed by atoms with Gasteiger partial charge < -0.3 is 10.6 Å². The molecule has 5 nitrogen and oxygen atoms in total. The van der Waals surface area contributed by atoms with E-state index < -0.39 is 0 Å². The second-order valence-electron chi connectivity index (χ2n) is 5.74. The number of hydrogen-bond donors (Lipinski definition) is 2. The summed E-state index contributed by atoms with van der Waals surface area (Å²) in [6.45, 7) is 0. The number of anilines is 2. The number of benzene rings is 1. The van der Waals surface area contributed by atoms with E-state index in [1.807, 2.05) is 0 Å². The number of carbonyl (C=O) groups excluding carboxylic acids is 1. The van der Waals surface area contributed by atoms with Crippen LogP contribution in [0.2, 0.25) is 0 Å². The molecule has 0 bridgehead atoms. The fourth-order valence-corrected chi connectivity index (χ4v) is 2.71. The Kier molecular flexibility index (Phi) is 4.80. The second kappa shape index (κ2) is 7.17. The summed E-state index contributed by atoms with van der Waals surface area (Å²) in [6.07, 6.45) is 6.07. The van der Waals surface area contributed by atoms with Gasteiger partial charge >= 0.3 is 0 Å². The van der Waals surface area contributed by atoms with Crippen molar-refractivity contribution in [2.75, 3.05) is 10.6 Å². The van der Waals surface area contributed by atoms with Gasteiger partial charge in [0.05, 0.1) is 0 Å². The van der Waals surface area contributed by atoms with Crippen LogP contribution in [0.1, 0.15) is 42.6 Å². The van der Waals surface area contributed by atoms with Crippen molar-refractivity contribution < 1.29 is 9.18 Å². The summed E-state index contributed by atoms with van der Waals surface area (Å²) in [5.74, 6) is -0.0236.